The lowest BCUT2D eigenvalue weighted by Gasteiger charge is -2.14. The number of Topliss-reactive ketones (excluding diaryl/α,β-unsaturated/α-hetero) is 1. The largest absolute Gasteiger partial charge is 0.479 e. The van der Waals surface area contributed by atoms with Crippen molar-refractivity contribution in [1.29, 1.82) is 5.26 Å². The Morgan fingerprint density at radius 3 is 2.20 bits per heavy atom. The maximum absolute atomic E-state index is 12.2. The summed E-state index contributed by atoms with van der Waals surface area (Å²) in [4.78, 5) is 36.1. The molecule has 2 aromatic rings. The quantitative estimate of drug-likeness (QED) is 0.501. The van der Waals surface area contributed by atoms with E-state index in [0.717, 1.165) is 0 Å². The minimum atomic E-state index is -0.913. The van der Waals surface area contributed by atoms with E-state index in [1.807, 2.05) is 19.9 Å². The molecule has 0 bridgehead atoms. The third kappa shape index (κ3) is 7.06. The summed E-state index contributed by atoms with van der Waals surface area (Å²) in [5.74, 6) is -0.461. The monoisotopic (exact) mass is 408 g/mol. The van der Waals surface area contributed by atoms with Crippen LogP contribution in [0.5, 0.6) is 5.75 Å². The molecule has 0 saturated carbocycles. The Morgan fingerprint density at radius 1 is 1.00 bits per heavy atom. The van der Waals surface area contributed by atoms with E-state index in [1.165, 1.54) is 6.92 Å². The van der Waals surface area contributed by atoms with E-state index in [9.17, 15) is 14.4 Å². The Balaban J connectivity index is 1.83. The van der Waals surface area contributed by atoms with Gasteiger partial charge in [-0.25, -0.2) is 4.79 Å². The van der Waals surface area contributed by atoms with Crippen LogP contribution < -0.4 is 10.1 Å². The molecule has 0 saturated heterocycles. The summed E-state index contributed by atoms with van der Waals surface area (Å²) in [6.07, 6.45) is -0.497. The van der Waals surface area contributed by atoms with E-state index in [-0.39, 0.29) is 17.6 Å². The normalized spacial score (nSPS) is 11.3. The van der Waals surface area contributed by atoms with Gasteiger partial charge in [0.05, 0.1) is 11.6 Å². The minimum Gasteiger partial charge on any atom is -0.479 e. The lowest BCUT2D eigenvalue weighted by Crippen LogP contribution is -2.28. The summed E-state index contributed by atoms with van der Waals surface area (Å²) >= 11 is 0. The molecular weight excluding hydrogens is 384 g/mol. The van der Waals surface area contributed by atoms with Crippen molar-refractivity contribution < 1.29 is 23.9 Å². The summed E-state index contributed by atoms with van der Waals surface area (Å²) in [6.45, 7) is 5.01. The van der Waals surface area contributed by atoms with Crippen molar-refractivity contribution in [3.63, 3.8) is 0 Å². The molecule has 0 radical (unpaired) electrons. The summed E-state index contributed by atoms with van der Waals surface area (Å²) in [5, 5.41) is 11.5. The van der Waals surface area contributed by atoms with Crippen molar-refractivity contribution in [2.24, 2.45) is 5.92 Å². The molecule has 0 aliphatic rings. The maximum Gasteiger partial charge on any atom is 0.347 e. The van der Waals surface area contributed by atoms with Gasteiger partial charge >= 0.3 is 5.97 Å². The standard InChI is InChI=1S/C23H24N2O5/c1-15(2)12-22(27)25-19-8-6-18(7-9-19)21(26)14-29-23(28)16(3)30-20-10-4-17(13-24)5-11-20/h4-11,15-16H,12,14H2,1-3H3,(H,25,27)/t16-/m1/s1. The van der Waals surface area contributed by atoms with Gasteiger partial charge in [0.1, 0.15) is 5.75 Å². The average Bonchev–Trinajstić information content (AvgIpc) is 2.72. The smallest absolute Gasteiger partial charge is 0.347 e. The highest BCUT2D eigenvalue weighted by molar-refractivity contribution is 5.99. The second-order valence-corrected chi connectivity index (χ2v) is 7.15. The number of amides is 1. The number of ether oxygens (including phenoxy) is 2. The van der Waals surface area contributed by atoms with Crippen LogP contribution in [0.25, 0.3) is 0 Å². The fourth-order valence-corrected chi connectivity index (χ4v) is 2.52. The molecule has 0 aliphatic carbocycles. The van der Waals surface area contributed by atoms with Gasteiger partial charge in [-0.2, -0.15) is 5.26 Å². The second kappa shape index (κ2) is 10.8. The molecule has 7 heteroatoms. The molecule has 1 atom stereocenters. The minimum absolute atomic E-state index is 0.0887. The fraction of sp³-hybridized carbons (Fsp3) is 0.304. The van der Waals surface area contributed by atoms with Gasteiger partial charge < -0.3 is 14.8 Å². The molecule has 0 heterocycles. The number of benzene rings is 2. The molecule has 0 aliphatic heterocycles. The van der Waals surface area contributed by atoms with Gasteiger partial charge in [0.25, 0.3) is 0 Å². The number of hydrogen-bond acceptors (Lipinski definition) is 6. The average molecular weight is 408 g/mol. The lowest BCUT2D eigenvalue weighted by atomic mass is 10.1. The van der Waals surface area contributed by atoms with Crippen LogP contribution in [-0.4, -0.2) is 30.4 Å². The molecule has 2 rings (SSSR count). The van der Waals surface area contributed by atoms with Crippen molar-refractivity contribution in [3.8, 4) is 11.8 Å². The number of nitriles is 1. The number of ketones is 1. The Labute approximate surface area is 175 Å². The van der Waals surface area contributed by atoms with Crippen molar-refractivity contribution >= 4 is 23.3 Å². The van der Waals surface area contributed by atoms with Crippen molar-refractivity contribution in [2.75, 3.05) is 11.9 Å². The molecule has 0 spiro atoms. The highest BCUT2D eigenvalue weighted by Crippen LogP contribution is 2.15. The van der Waals surface area contributed by atoms with Crippen LogP contribution in [-0.2, 0) is 14.3 Å². The molecule has 1 N–H and O–H groups in total. The van der Waals surface area contributed by atoms with Crippen LogP contribution in [0.3, 0.4) is 0 Å². The Kier molecular flexibility index (Phi) is 8.12. The van der Waals surface area contributed by atoms with Crippen LogP contribution in [0.4, 0.5) is 5.69 Å². The predicted octanol–water partition coefficient (Wildman–Crippen LogP) is 3.74. The zero-order chi connectivity index (χ0) is 22.1. The number of carbonyl (C=O) groups excluding carboxylic acids is 3. The summed E-state index contributed by atoms with van der Waals surface area (Å²) < 4.78 is 10.5. The van der Waals surface area contributed by atoms with Gasteiger partial charge in [0, 0.05) is 17.7 Å². The predicted molar refractivity (Wildman–Crippen MR) is 111 cm³/mol. The van der Waals surface area contributed by atoms with Gasteiger partial charge in [-0.15, -0.1) is 0 Å². The summed E-state index contributed by atoms with van der Waals surface area (Å²) in [6, 6.07) is 14.7. The second-order valence-electron chi connectivity index (χ2n) is 7.15. The first-order chi connectivity index (χ1) is 14.3. The van der Waals surface area contributed by atoms with E-state index in [4.69, 9.17) is 14.7 Å². The van der Waals surface area contributed by atoms with E-state index in [2.05, 4.69) is 5.32 Å². The molecule has 30 heavy (non-hydrogen) atoms. The topological polar surface area (TPSA) is 105 Å². The number of nitrogens with zero attached hydrogens (tertiary/aromatic N) is 1. The first-order valence-corrected chi connectivity index (χ1v) is 9.55. The number of anilines is 1. The first kappa shape index (κ1) is 22.6. The van der Waals surface area contributed by atoms with Crippen LogP contribution >= 0.6 is 0 Å². The highest BCUT2D eigenvalue weighted by atomic mass is 16.6. The van der Waals surface area contributed by atoms with Gasteiger partial charge in [0.2, 0.25) is 5.91 Å². The molecule has 156 valence electrons. The third-order valence-corrected chi connectivity index (χ3v) is 4.06. The van der Waals surface area contributed by atoms with Gasteiger partial charge in [-0.3, -0.25) is 9.59 Å². The fourth-order valence-electron chi connectivity index (χ4n) is 2.52. The molecule has 0 aromatic heterocycles. The van der Waals surface area contributed by atoms with Gasteiger partial charge in [-0.05, 0) is 61.4 Å². The van der Waals surface area contributed by atoms with E-state index in [0.29, 0.717) is 29.0 Å². The van der Waals surface area contributed by atoms with Gasteiger partial charge in [-0.1, -0.05) is 13.8 Å². The Hall–Kier alpha value is -3.66. The molecular formula is C23H24N2O5. The number of nitrogens with one attached hydrogen (secondary N) is 1. The van der Waals surface area contributed by atoms with E-state index in [1.54, 1.807) is 48.5 Å². The van der Waals surface area contributed by atoms with E-state index >= 15 is 0 Å². The molecule has 0 unspecified atom stereocenters. The maximum atomic E-state index is 12.2. The number of esters is 1. The number of hydrogen-bond donors (Lipinski definition) is 1. The third-order valence-electron chi connectivity index (χ3n) is 4.06. The van der Waals surface area contributed by atoms with Crippen LogP contribution in [0.1, 0.15) is 43.1 Å². The molecule has 2 aromatic carbocycles. The van der Waals surface area contributed by atoms with Crippen molar-refractivity contribution in [3.05, 3.63) is 59.7 Å². The van der Waals surface area contributed by atoms with E-state index < -0.39 is 18.7 Å². The summed E-state index contributed by atoms with van der Waals surface area (Å²) in [5.41, 5.74) is 1.44. The van der Waals surface area contributed by atoms with Crippen LogP contribution in [0, 0.1) is 17.2 Å². The Morgan fingerprint density at radius 2 is 1.63 bits per heavy atom. The van der Waals surface area contributed by atoms with Crippen molar-refractivity contribution in [2.45, 2.75) is 33.3 Å². The molecule has 7 nitrogen and oxygen atoms in total. The lowest BCUT2D eigenvalue weighted by molar-refractivity contribution is -0.149. The summed E-state index contributed by atoms with van der Waals surface area (Å²) in [7, 11) is 0. The van der Waals surface area contributed by atoms with Crippen molar-refractivity contribution in [1.82, 2.24) is 0 Å². The highest BCUT2D eigenvalue weighted by Gasteiger charge is 2.18. The zero-order valence-electron chi connectivity index (χ0n) is 17.2. The van der Waals surface area contributed by atoms with Crippen LogP contribution in [0.15, 0.2) is 48.5 Å². The first-order valence-electron chi connectivity index (χ1n) is 9.55. The molecule has 1 amide bonds. The number of rotatable bonds is 9. The van der Waals surface area contributed by atoms with Gasteiger partial charge in [0.15, 0.2) is 18.5 Å². The van der Waals surface area contributed by atoms with Crippen LogP contribution in [0.2, 0.25) is 0 Å². The number of carbonyl (C=O) groups is 3. The SMILES string of the molecule is CC(C)CC(=O)Nc1ccc(C(=O)COC(=O)[C@@H](C)Oc2ccc(C#N)cc2)cc1. The molecule has 0 fully saturated rings. The zero-order valence-corrected chi connectivity index (χ0v) is 17.2. The Bertz CT molecular complexity index is 928.